The largest absolute Gasteiger partial charge is 0.395 e. The molecule has 12 heteroatoms. The molecule has 10 rings (SSSR count). The molecule has 0 radical (unpaired) electrons. The monoisotopic (exact) mass is 636 g/mol. The molecule has 46 heavy (non-hydrogen) atoms. The smallest absolute Gasteiger partial charge is 0.228 e. The van der Waals surface area contributed by atoms with Crippen LogP contribution in [-0.2, 0) is 0 Å². The summed E-state index contributed by atoms with van der Waals surface area (Å²) in [7, 11) is 0. The molecule has 4 saturated carbocycles. The lowest BCUT2D eigenvalue weighted by Gasteiger charge is -2.40. The molecule has 252 valence electrons. The van der Waals surface area contributed by atoms with Gasteiger partial charge in [0.2, 0.25) is 11.9 Å². The number of aliphatic hydroxyl groups is 4. The summed E-state index contributed by atoms with van der Waals surface area (Å²) in [6.07, 6.45) is 12.5. The summed E-state index contributed by atoms with van der Waals surface area (Å²) >= 11 is 0. The van der Waals surface area contributed by atoms with Crippen molar-refractivity contribution in [2.24, 2.45) is 35.5 Å². The molecule has 2 aromatic heterocycles. The van der Waals surface area contributed by atoms with E-state index in [0.29, 0.717) is 62.0 Å². The molecule has 2 aromatic rings. The van der Waals surface area contributed by atoms with Crippen molar-refractivity contribution < 1.29 is 20.4 Å². The van der Waals surface area contributed by atoms with Gasteiger partial charge < -0.3 is 40.0 Å². The van der Waals surface area contributed by atoms with E-state index < -0.39 is 0 Å². The van der Waals surface area contributed by atoms with Crippen LogP contribution in [0, 0.1) is 35.5 Å². The highest BCUT2D eigenvalue weighted by atomic mass is 16.3. The van der Waals surface area contributed by atoms with E-state index in [-0.39, 0.29) is 26.4 Å². The van der Waals surface area contributed by atoms with E-state index in [1.165, 1.54) is 64.2 Å². The molecular weight excluding hydrogens is 584 g/mol. The Balaban J connectivity index is 1.34. The molecule has 4 N–H and O–H groups in total. The molecule has 0 spiro atoms. The second-order valence-corrected chi connectivity index (χ2v) is 15.4. The quantitative estimate of drug-likeness (QED) is 0.271. The predicted molar refractivity (Wildman–Crippen MR) is 177 cm³/mol. The minimum absolute atomic E-state index is 0.0628. The van der Waals surface area contributed by atoms with Crippen molar-refractivity contribution in [1.29, 1.82) is 0 Å². The first kappa shape index (κ1) is 30.8. The SMILES string of the molecule is OCCN(CCO)c1nc(N2CC3CC4CC(C3)CC2C4)c2nc(N(CCO)CCO)nc(N3CC4CC5CC(C4)CC3C5)c2n1. The summed E-state index contributed by atoms with van der Waals surface area (Å²) in [5.74, 6) is 7.03. The van der Waals surface area contributed by atoms with E-state index in [1.807, 2.05) is 9.80 Å². The summed E-state index contributed by atoms with van der Waals surface area (Å²) in [5, 5.41) is 40.0. The summed E-state index contributed by atoms with van der Waals surface area (Å²) in [5.41, 5.74) is 1.48. The van der Waals surface area contributed by atoms with E-state index in [1.54, 1.807) is 0 Å². The molecule has 8 bridgehead atoms. The average Bonchev–Trinajstić information content (AvgIpc) is 3.37. The van der Waals surface area contributed by atoms with Gasteiger partial charge in [0.15, 0.2) is 11.6 Å². The number of aromatic nitrogens is 4. The van der Waals surface area contributed by atoms with Gasteiger partial charge in [-0.25, -0.2) is 9.97 Å². The fraction of sp³-hybridized carbons (Fsp3) is 0.824. The maximum atomic E-state index is 10.0. The minimum Gasteiger partial charge on any atom is -0.395 e. The third-order valence-corrected chi connectivity index (χ3v) is 12.3. The molecule has 8 aliphatic rings. The maximum Gasteiger partial charge on any atom is 0.228 e. The first-order valence-corrected chi connectivity index (χ1v) is 18.1. The van der Waals surface area contributed by atoms with Crippen LogP contribution in [0.4, 0.5) is 23.5 Å². The molecule has 4 unspecified atom stereocenters. The van der Waals surface area contributed by atoms with Crippen LogP contribution in [0.15, 0.2) is 0 Å². The summed E-state index contributed by atoms with van der Waals surface area (Å²) < 4.78 is 0. The number of hydrogen-bond acceptors (Lipinski definition) is 12. The Morgan fingerprint density at radius 2 is 0.783 bits per heavy atom. The van der Waals surface area contributed by atoms with Crippen LogP contribution in [0.5, 0.6) is 0 Å². The maximum absolute atomic E-state index is 10.0. The molecule has 4 atom stereocenters. The molecular formula is C34H52N8O4. The second kappa shape index (κ2) is 12.8. The lowest BCUT2D eigenvalue weighted by atomic mass is 9.68. The standard InChI is InChI=1S/C34H52N8O4/c43-5-1-39(2-6-44)33-35-29-30(31(37-33)41-19-25-11-21-9-22(12-25)16-27(41)15-21)36-34(40(3-7-45)4-8-46)38-32(29)42-20-26-13-23-10-24(14-26)18-28(42)17-23/h21-28,43-46H,1-20H2. The van der Waals surface area contributed by atoms with Crippen molar-refractivity contribution in [3.05, 3.63) is 0 Å². The number of anilines is 4. The Labute approximate surface area is 271 Å². The van der Waals surface area contributed by atoms with Gasteiger partial charge in [0, 0.05) is 51.4 Å². The Hall–Kier alpha value is -2.54. The van der Waals surface area contributed by atoms with Gasteiger partial charge in [-0.3, -0.25) is 0 Å². The molecule has 8 fully saturated rings. The van der Waals surface area contributed by atoms with Crippen molar-refractivity contribution in [1.82, 2.24) is 19.9 Å². The number of rotatable bonds is 12. The van der Waals surface area contributed by atoms with Crippen LogP contribution in [0.3, 0.4) is 0 Å². The van der Waals surface area contributed by atoms with E-state index >= 15 is 0 Å². The summed E-state index contributed by atoms with van der Waals surface area (Å²) in [6, 6.07) is 0.785. The van der Waals surface area contributed by atoms with Crippen molar-refractivity contribution >= 4 is 34.6 Å². The average molecular weight is 637 g/mol. The Kier molecular flexibility index (Phi) is 8.57. The van der Waals surface area contributed by atoms with Crippen LogP contribution in [-0.4, -0.2) is 118 Å². The van der Waals surface area contributed by atoms with Crippen LogP contribution in [0.25, 0.3) is 11.0 Å². The third kappa shape index (κ3) is 5.66. The fourth-order valence-electron chi connectivity index (χ4n) is 10.8. The Bertz CT molecular complexity index is 1260. The summed E-state index contributed by atoms with van der Waals surface area (Å²) in [4.78, 5) is 29.9. The number of fused-ring (bicyclic) bond motifs is 3. The number of nitrogens with zero attached hydrogens (tertiary/aromatic N) is 8. The topological polar surface area (TPSA) is 145 Å². The number of hydrogen-bond donors (Lipinski definition) is 4. The van der Waals surface area contributed by atoms with Gasteiger partial charge in [-0.1, -0.05) is 0 Å². The first-order chi connectivity index (χ1) is 22.5. The van der Waals surface area contributed by atoms with Crippen LogP contribution >= 0.6 is 0 Å². The third-order valence-electron chi connectivity index (χ3n) is 12.3. The van der Waals surface area contributed by atoms with Gasteiger partial charge >= 0.3 is 0 Å². The molecule has 4 aliphatic carbocycles. The van der Waals surface area contributed by atoms with E-state index in [2.05, 4.69) is 9.80 Å². The molecule has 4 aliphatic heterocycles. The van der Waals surface area contributed by atoms with Crippen molar-refractivity contribution in [2.75, 3.05) is 85.3 Å². The Morgan fingerprint density at radius 1 is 0.457 bits per heavy atom. The van der Waals surface area contributed by atoms with Crippen LogP contribution in [0.1, 0.15) is 64.2 Å². The highest BCUT2D eigenvalue weighted by Crippen LogP contribution is 2.51. The van der Waals surface area contributed by atoms with Crippen LogP contribution in [0.2, 0.25) is 0 Å². The molecule has 12 nitrogen and oxygen atoms in total. The van der Waals surface area contributed by atoms with Gasteiger partial charge in [-0.05, 0) is 99.7 Å². The van der Waals surface area contributed by atoms with Crippen molar-refractivity contribution in [3.63, 3.8) is 0 Å². The van der Waals surface area contributed by atoms with E-state index in [4.69, 9.17) is 19.9 Å². The molecule has 4 saturated heterocycles. The van der Waals surface area contributed by atoms with Gasteiger partial charge in [-0.15, -0.1) is 0 Å². The lowest BCUT2D eigenvalue weighted by Crippen LogP contribution is -2.41. The predicted octanol–water partition coefficient (Wildman–Crippen LogP) is 2.03. The molecule has 0 aromatic carbocycles. The minimum atomic E-state index is -0.0628. The highest BCUT2D eigenvalue weighted by molar-refractivity contribution is 5.95. The Morgan fingerprint density at radius 3 is 1.11 bits per heavy atom. The molecule has 6 heterocycles. The van der Waals surface area contributed by atoms with Gasteiger partial charge in [0.1, 0.15) is 11.0 Å². The van der Waals surface area contributed by atoms with Gasteiger partial charge in [0.25, 0.3) is 0 Å². The van der Waals surface area contributed by atoms with E-state index in [0.717, 1.165) is 59.4 Å². The van der Waals surface area contributed by atoms with Gasteiger partial charge in [-0.2, -0.15) is 9.97 Å². The normalized spacial score (nSPS) is 32.8. The van der Waals surface area contributed by atoms with Crippen molar-refractivity contribution in [3.8, 4) is 0 Å². The highest BCUT2D eigenvalue weighted by Gasteiger charge is 2.46. The van der Waals surface area contributed by atoms with Crippen molar-refractivity contribution in [2.45, 2.75) is 76.3 Å². The zero-order chi connectivity index (χ0) is 31.4. The second-order valence-electron chi connectivity index (χ2n) is 15.4. The summed E-state index contributed by atoms with van der Waals surface area (Å²) in [6.45, 7) is 2.96. The fourth-order valence-corrected chi connectivity index (χ4v) is 10.8. The van der Waals surface area contributed by atoms with Crippen LogP contribution < -0.4 is 19.6 Å². The zero-order valence-electron chi connectivity index (χ0n) is 27.1. The zero-order valence-corrected chi connectivity index (χ0v) is 27.1. The number of aliphatic hydroxyl groups excluding tert-OH is 4. The molecule has 0 amide bonds. The van der Waals surface area contributed by atoms with E-state index in [9.17, 15) is 20.4 Å². The first-order valence-electron chi connectivity index (χ1n) is 18.1. The van der Waals surface area contributed by atoms with Gasteiger partial charge in [0.05, 0.1) is 26.4 Å². The lowest BCUT2D eigenvalue weighted by molar-refractivity contribution is 0.157.